The molecule has 1 unspecified atom stereocenters. The molecule has 1 aromatic heterocycles. The van der Waals surface area contributed by atoms with Gasteiger partial charge in [0.05, 0.1) is 11.6 Å². The van der Waals surface area contributed by atoms with Crippen LogP contribution in [0.15, 0.2) is 54.9 Å². The lowest BCUT2D eigenvalue weighted by Gasteiger charge is -2.29. The molecule has 0 aliphatic rings. The SMILES string of the molecule is CCNC(=O)C(NC(=O)[C@H](CC)NC[C@H](CC(C)C)NC(=O)[C@H](CCc1ccccc1)NC(=O)[C@H](CC(C)C)NC(=O)c1cc[n+](O)cc1)C(C)C. The first-order valence-corrected chi connectivity index (χ1v) is 18.6. The van der Waals surface area contributed by atoms with E-state index in [-0.39, 0.29) is 47.1 Å². The van der Waals surface area contributed by atoms with Gasteiger partial charge < -0.3 is 31.9 Å². The molecule has 2 rings (SSSR count). The lowest BCUT2D eigenvalue weighted by molar-refractivity contribution is -0.904. The topological polar surface area (TPSA) is 182 Å². The molecule has 1 heterocycles. The van der Waals surface area contributed by atoms with Gasteiger partial charge in [0.1, 0.15) is 18.1 Å². The normalized spacial score (nSPS) is 14.2. The standard InChI is InChI=1S/C39H61N7O6/c1-9-31(36(48)45-34(27(7)8)39(51)40-10-2)41-24-30(22-25(3)4)42-37(49)32(17-16-28-14-12-11-13-15-28)43-38(50)33(23-26(5)6)44-35(47)29-18-20-46(52)21-19-29/h11-15,18-21,25-27,30-34,41H,9-10,16-17,22-24H2,1-8H3,(H5-,40,42,43,44,45,47,48,49,50,51,52)/p+1/t30-,31-,32-,33-,34?/m0/s1. The summed E-state index contributed by atoms with van der Waals surface area (Å²) in [5.41, 5.74) is 1.29. The molecule has 5 amide bonds. The highest BCUT2D eigenvalue weighted by molar-refractivity contribution is 5.98. The van der Waals surface area contributed by atoms with Crippen molar-refractivity contribution in [2.24, 2.45) is 17.8 Å². The highest BCUT2D eigenvalue weighted by Gasteiger charge is 2.31. The third-order valence-corrected chi connectivity index (χ3v) is 8.64. The number of hydrogen-bond acceptors (Lipinski definition) is 7. The molecule has 0 aliphatic heterocycles. The highest BCUT2D eigenvalue weighted by Crippen LogP contribution is 2.12. The summed E-state index contributed by atoms with van der Waals surface area (Å²) in [4.78, 5) is 66.8. The maximum atomic E-state index is 14.0. The fraction of sp³-hybridized carbons (Fsp3) is 0.590. The van der Waals surface area contributed by atoms with E-state index in [1.54, 1.807) is 0 Å². The van der Waals surface area contributed by atoms with E-state index in [4.69, 9.17) is 0 Å². The van der Waals surface area contributed by atoms with E-state index in [1.807, 2.05) is 85.7 Å². The number of nitrogens with one attached hydrogen (secondary N) is 6. The minimum absolute atomic E-state index is 0.0603. The van der Waals surface area contributed by atoms with Gasteiger partial charge in [-0.25, -0.2) is 0 Å². The highest BCUT2D eigenvalue weighted by atomic mass is 16.5. The van der Waals surface area contributed by atoms with Crippen molar-refractivity contribution in [2.75, 3.05) is 13.1 Å². The zero-order valence-electron chi connectivity index (χ0n) is 32.2. The van der Waals surface area contributed by atoms with E-state index in [0.717, 1.165) is 10.3 Å². The Bertz CT molecular complexity index is 1420. The molecule has 5 atom stereocenters. The first kappa shape index (κ1) is 43.6. The third-order valence-electron chi connectivity index (χ3n) is 8.64. The Balaban J connectivity index is 2.25. The summed E-state index contributed by atoms with van der Waals surface area (Å²) in [5.74, 6) is -1.68. The first-order valence-electron chi connectivity index (χ1n) is 18.6. The number of carbonyl (C=O) groups excluding carboxylic acids is 5. The number of likely N-dealkylation sites (N-methyl/N-ethyl adjacent to an activating group) is 1. The van der Waals surface area contributed by atoms with E-state index >= 15 is 0 Å². The second-order valence-corrected chi connectivity index (χ2v) is 14.5. The van der Waals surface area contributed by atoms with Crippen LogP contribution in [0.5, 0.6) is 0 Å². The number of aryl methyl sites for hydroxylation is 1. The maximum absolute atomic E-state index is 14.0. The fourth-order valence-corrected chi connectivity index (χ4v) is 5.86. The minimum atomic E-state index is -0.910. The lowest BCUT2D eigenvalue weighted by atomic mass is 9.99. The van der Waals surface area contributed by atoms with E-state index in [0.29, 0.717) is 45.2 Å². The zero-order valence-corrected chi connectivity index (χ0v) is 32.2. The molecule has 288 valence electrons. The number of aromatic nitrogens is 1. The predicted octanol–water partition coefficient (Wildman–Crippen LogP) is 2.65. The molecule has 13 nitrogen and oxygen atoms in total. The largest absolute Gasteiger partial charge is 0.355 e. The van der Waals surface area contributed by atoms with Crippen LogP contribution >= 0.6 is 0 Å². The smallest absolute Gasteiger partial charge is 0.252 e. The van der Waals surface area contributed by atoms with Crippen LogP contribution in [0.25, 0.3) is 0 Å². The molecule has 1 aromatic carbocycles. The van der Waals surface area contributed by atoms with Gasteiger partial charge in [-0.3, -0.25) is 29.2 Å². The molecule has 2 aromatic rings. The molecule has 0 bridgehead atoms. The van der Waals surface area contributed by atoms with Crippen LogP contribution in [-0.2, 0) is 25.6 Å². The molecular formula is C39H62N7O6+. The van der Waals surface area contributed by atoms with Crippen LogP contribution in [-0.4, -0.2) is 78.0 Å². The summed E-state index contributed by atoms with van der Waals surface area (Å²) < 4.78 is 0.820. The number of hydrogen-bond donors (Lipinski definition) is 7. The summed E-state index contributed by atoms with van der Waals surface area (Å²) in [7, 11) is 0. The van der Waals surface area contributed by atoms with Gasteiger partial charge in [0.2, 0.25) is 36.0 Å². The summed E-state index contributed by atoms with van der Waals surface area (Å²) in [6.45, 7) is 16.2. The Kier molecular flexibility index (Phi) is 18.8. The molecule has 52 heavy (non-hydrogen) atoms. The Morgan fingerprint density at radius 1 is 0.692 bits per heavy atom. The molecule has 13 heteroatoms. The molecular weight excluding hydrogens is 662 g/mol. The first-order chi connectivity index (χ1) is 24.6. The van der Waals surface area contributed by atoms with Crippen molar-refractivity contribution in [2.45, 2.75) is 118 Å². The third kappa shape index (κ3) is 15.4. The van der Waals surface area contributed by atoms with Crippen molar-refractivity contribution < 1.29 is 33.9 Å². The Morgan fingerprint density at radius 2 is 1.29 bits per heavy atom. The van der Waals surface area contributed by atoms with Crippen molar-refractivity contribution >= 4 is 29.5 Å². The quantitative estimate of drug-likeness (QED) is 0.0720. The summed E-state index contributed by atoms with van der Waals surface area (Å²) in [6, 6.07) is 9.11. The average molecular weight is 725 g/mol. The number of benzene rings is 1. The van der Waals surface area contributed by atoms with Gasteiger partial charge in [-0.2, -0.15) is 0 Å². The maximum Gasteiger partial charge on any atom is 0.252 e. The second-order valence-electron chi connectivity index (χ2n) is 14.5. The van der Waals surface area contributed by atoms with Gasteiger partial charge in [-0.15, -0.1) is 0 Å². The van der Waals surface area contributed by atoms with Gasteiger partial charge in [0, 0.05) is 36.0 Å². The van der Waals surface area contributed by atoms with E-state index in [2.05, 4.69) is 31.9 Å². The van der Waals surface area contributed by atoms with E-state index < -0.39 is 36.0 Å². The summed E-state index contributed by atoms with van der Waals surface area (Å²) in [6.07, 6.45) is 4.91. The molecule has 0 spiro atoms. The molecule has 0 fully saturated rings. The van der Waals surface area contributed by atoms with E-state index in [9.17, 15) is 29.2 Å². The van der Waals surface area contributed by atoms with Gasteiger partial charge >= 0.3 is 0 Å². The predicted molar refractivity (Wildman–Crippen MR) is 200 cm³/mol. The minimum Gasteiger partial charge on any atom is -0.355 e. The van der Waals surface area contributed by atoms with Crippen molar-refractivity contribution in [3.63, 3.8) is 0 Å². The zero-order chi connectivity index (χ0) is 38.8. The van der Waals surface area contributed by atoms with Gasteiger partial charge in [-0.05, 0) is 62.3 Å². The molecule has 0 aliphatic carbocycles. The molecule has 0 saturated heterocycles. The fourth-order valence-electron chi connectivity index (χ4n) is 5.86. The van der Waals surface area contributed by atoms with Gasteiger partial charge in [-0.1, -0.05) is 78.8 Å². The van der Waals surface area contributed by atoms with Crippen LogP contribution in [0.3, 0.4) is 0 Å². The average Bonchev–Trinajstić information content (AvgIpc) is 3.08. The molecule has 0 saturated carbocycles. The lowest BCUT2D eigenvalue weighted by Crippen LogP contribution is -2.58. The number of pyridine rings is 1. The Hall–Kier alpha value is -4.52. The number of rotatable bonds is 22. The summed E-state index contributed by atoms with van der Waals surface area (Å²) in [5, 5.41) is 27.4. The van der Waals surface area contributed by atoms with Crippen molar-refractivity contribution in [3.05, 3.63) is 66.0 Å². The van der Waals surface area contributed by atoms with Gasteiger partial charge in [0.15, 0.2) is 0 Å². The van der Waals surface area contributed by atoms with Crippen molar-refractivity contribution in [3.8, 4) is 0 Å². The Morgan fingerprint density at radius 3 is 1.85 bits per heavy atom. The van der Waals surface area contributed by atoms with Crippen LogP contribution in [0, 0.1) is 17.8 Å². The van der Waals surface area contributed by atoms with Crippen LogP contribution in [0.2, 0.25) is 0 Å². The monoisotopic (exact) mass is 724 g/mol. The number of nitrogens with zero attached hydrogens (tertiary/aromatic N) is 1. The van der Waals surface area contributed by atoms with Crippen LogP contribution in [0.4, 0.5) is 0 Å². The van der Waals surface area contributed by atoms with Crippen molar-refractivity contribution in [1.82, 2.24) is 31.9 Å². The molecule has 7 N–H and O–H groups in total. The number of carbonyl (C=O) groups is 5. The number of amides is 5. The van der Waals surface area contributed by atoms with Gasteiger partial charge in [0.25, 0.3) is 5.91 Å². The van der Waals surface area contributed by atoms with Crippen LogP contribution < -0.4 is 36.6 Å². The van der Waals surface area contributed by atoms with Crippen molar-refractivity contribution in [1.29, 1.82) is 0 Å². The van der Waals surface area contributed by atoms with E-state index in [1.165, 1.54) is 24.5 Å². The Labute approximate surface area is 309 Å². The summed E-state index contributed by atoms with van der Waals surface area (Å²) >= 11 is 0. The molecule has 0 radical (unpaired) electrons. The van der Waals surface area contributed by atoms with Crippen LogP contribution in [0.1, 0.15) is 97.0 Å². The second kappa shape index (κ2) is 22.4.